The summed E-state index contributed by atoms with van der Waals surface area (Å²) in [5.74, 6) is -0.366. The summed E-state index contributed by atoms with van der Waals surface area (Å²) in [5, 5.41) is 0. The maximum atomic E-state index is 10.5. The molecular formula is C7H10O2. The van der Waals surface area contributed by atoms with E-state index in [9.17, 15) is 4.79 Å². The molecule has 0 radical (unpaired) electrons. The van der Waals surface area contributed by atoms with Crippen LogP contribution in [0.4, 0.5) is 0 Å². The van der Waals surface area contributed by atoms with Gasteiger partial charge in [0.25, 0.3) is 0 Å². The maximum Gasteiger partial charge on any atom is 0.333 e. The molecule has 0 saturated carbocycles. The van der Waals surface area contributed by atoms with Crippen LogP contribution in [0, 0.1) is 0 Å². The van der Waals surface area contributed by atoms with Gasteiger partial charge in [-0.05, 0) is 6.92 Å². The lowest BCUT2D eigenvalue weighted by molar-refractivity contribution is -0.137. The third-order valence-corrected chi connectivity index (χ3v) is 0.681. The predicted octanol–water partition coefficient (Wildman–Crippen LogP) is 1.29. The molecule has 0 spiro atoms. The SMILES string of the molecule is C=CCOC(=O)C(=C)[12CH3]. The van der Waals surface area contributed by atoms with E-state index < -0.39 is 0 Å². The summed E-state index contributed by atoms with van der Waals surface area (Å²) in [4.78, 5) is 10.5. The maximum absolute atomic E-state index is 10.5. The van der Waals surface area contributed by atoms with Crippen LogP contribution in [0.3, 0.4) is 0 Å². The average Bonchev–Trinajstić information content (AvgIpc) is 1.82. The second-order valence-corrected chi connectivity index (χ2v) is 1.67. The van der Waals surface area contributed by atoms with Gasteiger partial charge in [0.05, 0.1) is 0 Å². The van der Waals surface area contributed by atoms with Crippen LogP contribution in [0.2, 0.25) is 0 Å². The Hall–Kier alpha value is -1.05. The van der Waals surface area contributed by atoms with E-state index >= 15 is 0 Å². The summed E-state index contributed by atoms with van der Waals surface area (Å²) < 4.78 is 4.60. The molecule has 0 aromatic rings. The Bertz CT molecular complexity index is 136. The molecule has 0 aliphatic carbocycles. The normalized spacial score (nSPS) is 8.11. The van der Waals surface area contributed by atoms with Crippen LogP contribution in [0.1, 0.15) is 6.92 Å². The van der Waals surface area contributed by atoms with Gasteiger partial charge in [0.2, 0.25) is 0 Å². The highest BCUT2D eigenvalue weighted by Crippen LogP contribution is 1.90. The number of rotatable bonds is 3. The summed E-state index contributed by atoms with van der Waals surface area (Å²) >= 11 is 0. The van der Waals surface area contributed by atoms with E-state index in [1.165, 1.54) is 6.08 Å². The van der Waals surface area contributed by atoms with Gasteiger partial charge in [0.1, 0.15) is 6.61 Å². The molecule has 0 amide bonds. The van der Waals surface area contributed by atoms with E-state index in [0.717, 1.165) is 0 Å². The average molecular weight is 126 g/mol. The van der Waals surface area contributed by atoms with E-state index in [1.54, 1.807) is 6.92 Å². The summed E-state index contributed by atoms with van der Waals surface area (Å²) in [6.07, 6.45) is 1.51. The van der Waals surface area contributed by atoms with E-state index in [-0.39, 0.29) is 12.6 Å². The molecule has 0 heterocycles. The number of carbonyl (C=O) groups is 1. The Morgan fingerprint density at radius 2 is 2.33 bits per heavy atom. The van der Waals surface area contributed by atoms with Gasteiger partial charge >= 0.3 is 5.97 Å². The van der Waals surface area contributed by atoms with Crippen molar-refractivity contribution in [1.29, 1.82) is 0 Å². The minimum absolute atomic E-state index is 0.256. The number of hydrogen-bond donors (Lipinski definition) is 0. The Morgan fingerprint density at radius 1 is 1.78 bits per heavy atom. The number of ether oxygens (including phenoxy) is 1. The number of carbonyl (C=O) groups excluding carboxylic acids is 1. The Labute approximate surface area is 54.8 Å². The van der Waals surface area contributed by atoms with Gasteiger partial charge < -0.3 is 4.74 Å². The summed E-state index contributed by atoms with van der Waals surface area (Å²) in [5.41, 5.74) is 0.414. The second kappa shape index (κ2) is 3.89. The van der Waals surface area contributed by atoms with Crippen molar-refractivity contribution in [2.45, 2.75) is 6.92 Å². The third kappa shape index (κ3) is 3.53. The largest absolute Gasteiger partial charge is 0.458 e. The first-order valence-corrected chi connectivity index (χ1v) is 2.62. The van der Waals surface area contributed by atoms with Crippen molar-refractivity contribution in [3.8, 4) is 0 Å². The fraction of sp³-hybridized carbons (Fsp3) is 0.286. The Morgan fingerprint density at radius 3 is 2.67 bits per heavy atom. The fourth-order valence-corrected chi connectivity index (χ4v) is 0.258. The zero-order valence-electron chi connectivity index (χ0n) is 5.52. The van der Waals surface area contributed by atoms with Crippen molar-refractivity contribution in [3.05, 3.63) is 24.8 Å². The molecule has 2 heteroatoms. The van der Waals surface area contributed by atoms with Crippen LogP contribution in [0.5, 0.6) is 0 Å². The third-order valence-electron chi connectivity index (χ3n) is 0.681. The molecule has 2 nitrogen and oxygen atoms in total. The molecule has 0 rings (SSSR count). The van der Waals surface area contributed by atoms with E-state index in [1.807, 2.05) is 0 Å². The fourth-order valence-electron chi connectivity index (χ4n) is 0.258. The molecule has 0 aromatic heterocycles. The molecule has 50 valence electrons. The first-order valence-electron chi connectivity index (χ1n) is 2.62. The first-order chi connectivity index (χ1) is 4.18. The minimum Gasteiger partial charge on any atom is -0.458 e. The lowest BCUT2D eigenvalue weighted by Crippen LogP contribution is -2.03. The van der Waals surface area contributed by atoms with E-state index in [4.69, 9.17) is 0 Å². The van der Waals surface area contributed by atoms with Crippen molar-refractivity contribution >= 4 is 5.97 Å². The zero-order chi connectivity index (χ0) is 7.28. The Kier molecular flexibility index (Phi) is 3.44. The van der Waals surface area contributed by atoms with Gasteiger partial charge in [-0.3, -0.25) is 0 Å². The quantitative estimate of drug-likeness (QED) is 0.323. The van der Waals surface area contributed by atoms with Crippen LogP contribution in [0.25, 0.3) is 0 Å². The van der Waals surface area contributed by atoms with Crippen LogP contribution < -0.4 is 0 Å². The van der Waals surface area contributed by atoms with Crippen molar-refractivity contribution in [1.82, 2.24) is 0 Å². The van der Waals surface area contributed by atoms with Crippen LogP contribution in [-0.4, -0.2) is 12.6 Å². The van der Waals surface area contributed by atoms with E-state index in [2.05, 4.69) is 17.9 Å². The molecule has 0 aliphatic rings. The second-order valence-electron chi connectivity index (χ2n) is 1.67. The molecular weight excluding hydrogens is 116 g/mol. The highest BCUT2D eigenvalue weighted by Gasteiger charge is 1.98. The topological polar surface area (TPSA) is 26.3 Å². The van der Waals surface area contributed by atoms with E-state index in [0.29, 0.717) is 5.57 Å². The molecule has 0 unspecified atom stereocenters. The highest BCUT2D eigenvalue weighted by atomic mass is 16.5. The van der Waals surface area contributed by atoms with Gasteiger partial charge in [-0.25, -0.2) is 4.79 Å². The molecule has 0 saturated heterocycles. The van der Waals surface area contributed by atoms with Crippen LogP contribution in [0.15, 0.2) is 24.8 Å². The molecule has 0 bridgehead atoms. The molecule has 9 heavy (non-hydrogen) atoms. The lowest BCUT2D eigenvalue weighted by Gasteiger charge is -1.97. The van der Waals surface area contributed by atoms with Crippen molar-refractivity contribution in [2.75, 3.05) is 6.61 Å². The monoisotopic (exact) mass is 126 g/mol. The van der Waals surface area contributed by atoms with Gasteiger partial charge in [-0.1, -0.05) is 19.2 Å². The minimum atomic E-state index is -0.366. The number of hydrogen-bond acceptors (Lipinski definition) is 2. The summed E-state index contributed by atoms with van der Waals surface area (Å²) in [7, 11) is 0. The van der Waals surface area contributed by atoms with Crippen molar-refractivity contribution in [2.24, 2.45) is 0 Å². The Balaban J connectivity index is 3.51. The molecule has 0 aliphatic heterocycles. The predicted molar refractivity (Wildman–Crippen MR) is 36.0 cm³/mol. The zero-order valence-corrected chi connectivity index (χ0v) is 5.52. The highest BCUT2D eigenvalue weighted by molar-refractivity contribution is 5.86. The van der Waals surface area contributed by atoms with Gasteiger partial charge in [-0.15, -0.1) is 0 Å². The van der Waals surface area contributed by atoms with Gasteiger partial charge in [0, 0.05) is 5.57 Å². The lowest BCUT2D eigenvalue weighted by atomic mass is 10.4. The standard InChI is InChI=1S/C7H10O2/c1-4-5-9-7(8)6(2)3/h4H,1-2,5H2,3H3/i3+0. The summed E-state index contributed by atoms with van der Waals surface area (Å²) in [6, 6.07) is 0. The van der Waals surface area contributed by atoms with Crippen LogP contribution >= 0.6 is 0 Å². The number of esters is 1. The van der Waals surface area contributed by atoms with Crippen molar-refractivity contribution in [3.63, 3.8) is 0 Å². The van der Waals surface area contributed by atoms with Gasteiger partial charge in [-0.2, -0.15) is 0 Å². The molecule has 0 atom stereocenters. The molecule has 0 fully saturated rings. The van der Waals surface area contributed by atoms with Crippen LogP contribution in [-0.2, 0) is 9.53 Å². The summed E-state index contributed by atoms with van der Waals surface area (Å²) in [6.45, 7) is 8.64. The first kappa shape index (κ1) is 7.95. The van der Waals surface area contributed by atoms with Crippen molar-refractivity contribution < 1.29 is 9.53 Å². The molecule has 0 aromatic carbocycles. The molecule has 0 N–H and O–H groups in total. The smallest absolute Gasteiger partial charge is 0.333 e. The van der Waals surface area contributed by atoms with Gasteiger partial charge in [0.15, 0.2) is 0 Å².